The Bertz CT molecular complexity index is 1660. The first-order chi connectivity index (χ1) is 19.4. The maximum absolute atomic E-state index is 13.0. The van der Waals surface area contributed by atoms with Gasteiger partial charge in [0.25, 0.3) is 5.91 Å². The molecule has 12 heteroatoms. The number of hydrogen-bond donors (Lipinski definition) is 2. The number of pyridine rings is 1. The van der Waals surface area contributed by atoms with Gasteiger partial charge in [-0.05, 0) is 42.5 Å². The number of piperidine rings is 1. The van der Waals surface area contributed by atoms with Crippen LogP contribution in [0.4, 0.5) is 24.8 Å². The van der Waals surface area contributed by atoms with Crippen molar-refractivity contribution in [3.8, 4) is 11.3 Å². The number of anilines is 2. The quantitative estimate of drug-likeness (QED) is 0.355. The van der Waals surface area contributed by atoms with E-state index >= 15 is 0 Å². The third kappa shape index (κ3) is 4.76. The summed E-state index contributed by atoms with van der Waals surface area (Å²) < 4.78 is 41.0. The fourth-order valence-corrected chi connectivity index (χ4v) is 6.10. The molecule has 4 aromatic rings. The standard InChI is InChI=1S/C29H28F3N7O2/c1-28(2)14-22(40)39-15-18(7-8-20(28)39)26-37-23(24-25(33)35-11-12-38(24)26)16-3-5-17(6-4-16)27(41)36-21-13-19(9-10-34-21)29(30,31)32/h3-6,9-13,18,20H,7-8,14-15H2,1-2H3,(H2,33,35)(H,34,36,41)/t18-,20+/m0/s1. The summed E-state index contributed by atoms with van der Waals surface area (Å²) in [4.78, 5) is 40.6. The van der Waals surface area contributed by atoms with Gasteiger partial charge in [-0.1, -0.05) is 26.0 Å². The van der Waals surface area contributed by atoms with Crippen molar-refractivity contribution in [3.63, 3.8) is 0 Å². The van der Waals surface area contributed by atoms with Gasteiger partial charge in [0.2, 0.25) is 5.91 Å². The van der Waals surface area contributed by atoms with E-state index in [1.807, 2.05) is 15.5 Å². The average molecular weight is 564 g/mol. The summed E-state index contributed by atoms with van der Waals surface area (Å²) in [5.74, 6) is 0.462. The second-order valence-corrected chi connectivity index (χ2v) is 11.3. The minimum Gasteiger partial charge on any atom is -0.382 e. The Morgan fingerprint density at radius 1 is 1.10 bits per heavy atom. The van der Waals surface area contributed by atoms with Crippen molar-refractivity contribution in [2.45, 2.75) is 51.2 Å². The van der Waals surface area contributed by atoms with Gasteiger partial charge in [0, 0.05) is 54.6 Å². The van der Waals surface area contributed by atoms with Gasteiger partial charge in [-0.15, -0.1) is 0 Å². The lowest BCUT2D eigenvalue weighted by molar-refractivity contribution is -0.137. The number of nitrogens with two attached hydrogens (primary N) is 1. The van der Waals surface area contributed by atoms with Crippen LogP contribution in [0.3, 0.4) is 0 Å². The number of imidazole rings is 1. The first kappa shape index (κ1) is 26.7. The Morgan fingerprint density at radius 3 is 2.59 bits per heavy atom. The van der Waals surface area contributed by atoms with Crippen LogP contribution in [-0.4, -0.2) is 48.7 Å². The number of aromatic nitrogens is 4. The van der Waals surface area contributed by atoms with Gasteiger partial charge in [0.1, 0.15) is 28.7 Å². The molecule has 2 fully saturated rings. The van der Waals surface area contributed by atoms with Crippen LogP contribution in [0.15, 0.2) is 55.0 Å². The third-order valence-electron chi connectivity index (χ3n) is 8.14. The molecule has 0 radical (unpaired) electrons. The minimum absolute atomic E-state index is 0.0113. The number of carbonyl (C=O) groups is 2. The van der Waals surface area contributed by atoms with Crippen molar-refractivity contribution in [1.82, 2.24) is 24.3 Å². The highest BCUT2D eigenvalue weighted by Gasteiger charge is 2.48. The molecule has 0 bridgehead atoms. The molecule has 212 valence electrons. The average Bonchev–Trinajstić information content (AvgIpc) is 3.43. The normalized spacial score (nSPS) is 20.3. The van der Waals surface area contributed by atoms with Gasteiger partial charge in [-0.3, -0.25) is 14.0 Å². The smallest absolute Gasteiger partial charge is 0.382 e. The summed E-state index contributed by atoms with van der Waals surface area (Å²) in [5.41, 5.74) is 7.48. The number of rotatable bonds is 4. The number of benzene rings is 1. The monoisotopic (exact) mass is 563 g/mol. The molecule has 3 aromatic heterocycles. The molecule has 0 spiro atoms. The van der Waals surface area contributed by atoms with Gasteiger partial charge in [0.05, 0.1) is 5.56 Å². The summed E-state index contributed by atoms with van der Waals surface area (Å²) in [5, 5.41) is 2.41. The molecule has 5 heterocycles. The zero-order valence-electron chi connectivity index (χ0n) is 22.4. The number of nitrogen functional groups attached to an aromatic ring is 1. The van der Waals surface area contributed by atoms with Crippen LogP contribution in [0.2, 0.25) is 0 Å². The first-order valence-corrected chi connectivity index (χ1v) is 13.3. The zero-order chi connectivity index (χ0) is 29.1. The van der Waals surface area contributed by atoms with Gasteiger partial charge < -0.3 is 16.0 Å². The van der Waals surface area contributed by atoms with E-state index in [1.54, 1.807) is 30.5 Å². The van der Waals surface area contributed by atoms with E-state index < -0.39 is 17.6 Å². The summed E-state index contributed by atoms with van der Waals surface area (Å²) in [6, 6.07) is 8.37. The third-order valence-corrected chi connectivity index (χ3v) is 8.14. The molecule has 2 saturated heterocycles. The highest BCUT2D eigenvalue weighted by atomic mass is 19.4. The van der Waals surface area contributed by atoms with E-state index in [2.05, 4.69) is 29.1 Å². The number of hydrogen-bond acceptors (Lipinski definition) is 6. The molecule has 1 aromatic carbocycles. The van der Waals surface area contributed by atoms with Crippen LogP contribution in [0.1, 0.15) is 60.8 Å². The van der Waals surface area contributed by atoms with Crippen molar-refractivity contribution in [3.05, 3.63) is 71.9 Å². The van der Waals surface area contributed by atoms with Gasteiger partial charge >= 0.3 is 6.18 Å². The fraction of sp³-hybridized carbons (Fsp3) is 0.345. The number of amides is 2. The molecule has 2 aliphatic heterocycles. The lowest BCUT2D eigenvalue weighted by atomic mass is 9.79. The van der Waals surface area contributed by atoms with E-state index in [4.69, 9.17) is 10.7 Å². The van der Waals surface area contributed by atoms with Crippen molar-refractivity contribution >= 4 is 29.0 Å². The zero-order valence-corrected chi connectivity index (χ0v) is 22.4. The molecule has 9 nitrogen and oxygen atoms in total. The molecular weight excluding hydrogens is 535 g/mol. The van der Waals surface area contributed by atoms with Crippen LogP contribution in [-0.2, 0) is 11.0 Å². The molecule has 0 saturated carbocycles. The molecule has 6 rings (SSSR count). The molecule has 0 unspecified atom stereocenters. The number of alkyl halides is 3. The Balaban J connectivity index is 1.28. The predicted molar refractivity (Wildman–Crippen MR) is 146 cm³/mol. The largest absolute Gasteiger partial charge is 0.416 e. The van der Waals surface area contributed by atoms with E-state index in [0.717, 1.165) is 37.0 Å². The highest BCUT2D eigenvalue weighted by Crippen LogP contribution is 2.45. The molecule has 2 aliphatic rings. The van der Waals surface area contributed by atoms with E-state index in [9.17, 15) is 22.8 Å². The summed E-state index contributed by atoms with van der Waals surface area (Å²) in [7, 11) is 0. The maximum Gasteiger partial charge on any atom is 0.416 e. The second-order valence-electron chi connectivity index (χ2n) is 11.3. The lowest BCUT2D eigenvalue weighted by Crippen LogP contribution is -2.44. The minimum atomic E-state index is -4.55. The SMILES string of the molecule is CC1(C)CC(=O)N2C[C@@H](c3nc(-c4ccc(C(=O)Nc5cc(C(F)(F)F)ccn5)cc4)c4c(N)nccn34)CC[C@@H]21. The second kappa shape index (κ2) is 9.57. The highest BCUT2D eigenvalue weighted by molar-refractivity contribution is 6.04. The maximum atomic E-state index is 13.0. The van der Waals surface area contributed by atoms with Crippen LogP contribution >= 0.6 is 0 Å². The van der Waals surface area contributed by atoms with Crippen molar-refractivity contribution in [2.75, 3.05) is 17.6 Å². The first-order valence-electron chi connectivity index (χ1n) is 13.3. The van der Waals surface area contributed by atoms with Crippen LogP contribution in [0.5, 0.6) is 0 Å². The number of nitrogens with zero attached hydrogens (tertiary/aromatic N) is 5. The molecule has 2 amide bonds. The van der Waals surface area contributed by atoms with E-state index in [1.165, 1.54) is 0 Å². The molecule has 0 aliphatic carbocycles. The Hall–Kier alpha value is -4.48. The van der Waals surface area contributed by atoms with Crippen molar-refractivity contribution in [1.29, 1.82) is 0 Å². The Labute approximate surface area is 233 Å². The van der Waals surface area contributed by atoms with E-state index in [-0.39, 0.29) is 34.7 Å². The molecule has 2 atom stereocenters. The predicted octanol–water partition coefficient (Wildman–Crippen LogP) is 5.15. The molecule has 41 heavy (non-hydrogen) atoms. The van der Waals surface area contributed by atoms with Crippen molar-refractivity contribution in [2.24, 2.45) is 5.41 Å². The van der Waals surface area contributed by atoms with Crippen LogP contribution in [0, 0.1) is 5.41 Å². The summed E-state index contributed by atoms with van der Waals surface area (Å²) in [6.45, 7) is 4.87. The Kier molecular flexibility index (Phi) is 6.24. The Morgan fingerprint density at radius 2 is 1.85 bits per heavy atom. The topological polar surface area (TPSA) is 119 Å². The van der Waals surface area contributed by atoms with Crippen LogP contribution in [0.25, 0.3) is 16.8 Å². The van der Waals surface area contributed by atoms with Crippen molar-refractivity contribution < 1.29 is 22.8 Å². The summed E-state index contributed by atoms with van der Waals surface area (Å²) in [6.07, 6.45) is 2.17. The van der Waals surface area contributed by atoms with Crippen LogP contribution < -0.4 is 11.1 Å². The number of fused-ring (bicyclic) bond motifs is 2. The molecule has 3 N–H and O–H groups in total. The summed E-state index contributed by atoms with van der Waals surface area (Å²) >= 11 is 0. The lowest BCUT2D eigenvalue weighted by Gasteiger charge is -2.39. The van der Waals surface area contributed by atoms with Gasteiger partial charge in [-0.25, -0.2) is 15.0 Å². The van der Waals surface area contributed by atoms with Gasteiger partial charge in [-0.2, -0.15) is 13.2 Å². The number of halogens is 3. The fourth-order valence-electron chi connectivity index (χ4n) is 6.10. The van der Waals surface area contributed by atoms with E-state index in [0.29, 0.717) is 35.6 Å². The number of nitrogens with one attached hydrogen (secondary N) is 1. The number of carbonyl (C=O) groups excluding carboxylic acids is 2. The van der Waals surface area contributed by atoms with Gasteiger partial charge in [0.15, 0.2) is 0 Å². The molecular formula is C29H28F3N7O2.